The van der Waals surface area contributed by atoms with Crippen LogP contribution in [0.2, 0.25) is 0 Å². The summed E-state index contributed by atoms with van der Waals surface area (Å²) in [7, 11) is 6.53. The number of hydrogen-bond acceptors (Lipinski definition) is 5. The number of nitrogens with zero attached hydrogens (tertiary/aromatic N) is 1. The molecular weight excluding hydrogens is 332 g/mol. The minimum absolute atomic E-state index is 0.0363. The number of methoxy groups -OCH3 is 3. The van der Waals surface area contributed by atoms with Gasteiger partial charge in [0.1, 0.15) is 0 Å². The molecule has 0 radical (unpaired) electrons. The summed E-state index contributed by atoms with van der Waals surface area (Å²) in [4.78, 5) is 14.9. The summed E-state index contributed by atoms with van der Waals surface area (Å²) in [6.45, 7) is 0. The van der Waals surface area contributed by atoms with E-state index in [1.165, 1.54) is 6.42 Å². The van der Waals surface area contributed by atoms with Crippen LogP contribution in [0.4, 0.5) is 5.69 Å². The quantitative estimate of drug-likeness (QED) is 0.872. The molecule has 0 heterocycles. The molecule has 2 bridgehead atoms. The van der Waals surface area contributed by atoms with Crippen LogP contribution >= 0.6 is 0 Å². The molecule has 0 spiro atoms. The van der Waals surface area contributed by atoms with Gasteiger partial charge in [-0.25, -0.2) is 0 Å². The lowest BCUT2D eigenvalue weighted by molar-refractivity contribution is -0.124. The maximum absolute atomic E-state index is 13.2. The molecule has 1 aromatic rings. The number of amides is 1. The van der Waals surface area contributed by atoms with Crippen molar-refractivity contribution in [3.63, 3.8) is 0 Å². The van der Waals surface area contributed by atoms with Gasteiger partial charge in [0, 0.05) is 31.1 Å². The van der Waals surface area contributed by atoms with Crippen LogP contribution in [-0.4, -0.2) is 40.3 Å². The highest BCUT2D eigenvalue weighted by Crippen LogP contribution is 2.44. The second-order valence-electron chi connectivity index (χ2n) is 7.48. The molecule has 3 rings (SSSR count). The van der Waals surface area contributed by atoms with Gasteiger partial charge in [0.15, 0.2) is 11.5 Å². The monoisotopic (exact) mass is 362 g/mol. The lowest BCUT2D eigenvalue weighted by Crippen LogP contribution is -2.49. The zero-order valence-corrected chi connectivity index (χ0v) is 16.2. The van der Waals surface area contributed by atoms with Crippen LogP contribution < -0.4 is 24.8 Å². The number of carbonyl (C=O) groups is 1. The molecule has 1 amide bonds. The summed E-state index contributed by atoms with van der Waals surface area (Å²) in [5, 5.41) is 0. The van der Waals surface area contributed by atoms with Crippen LogP contribution in [0.3, 0.4) is 0 Å². The zero-order chi connectivity index (χ0) is 18.8. The summed E-state index contributed by atoms with van der Waals surface area (Å²) in [5.74, 6) is 2.75. The molecule has 2 aliphatic carbocycles. The summed E-state index contributed by atoms with van der Waals surface area (Å²) in [5.41, 5.74) is 7.11. The van der Waals surface area contributed by atoms with Gasteiger partial charge in [-0.05, 0) is 37.5 Å². The van der Waals surface area contributed by atoms with Crippen LogP contribution in [0.15, 0.2) is 12.1 Å². The summed E-state index contributed by atoms with van der Waals surface area (Å²) in [6, 6.07) is 3.89. The van der Waals surface area contributed by atoms with Crippen LogP contribution in [0, 0.1) is 17.8 Å². The first-order chi connectivity index (χ1) is 12.5. The molecule has 26 heavy (non-hydrogen) atoms. The molecule has 2 saturated carbocycles. The number of anilines is 1. The predicted octanol–water partition coefficient (Wildman–Crippen LogP) is 2.83. The standard InChI is InChI=1S/C20H30N2O4/c1-22(15-10-16(24-2)19(26-4)17(11-15)25-3)20(23)14-8-12-6-5-7-13(9-14)18(12)21/h10-14,18H,5-9,21H2,1-4H3. The summed E-state index contributed by atoms with van der Waals surface area (Å²) >= 11 is 0. The fourth-order valence-electron chi connectivity index (χ4n) is 4.65. The van der Waals surface area contributed by atoms with E-state index in [1.54, 1.807) is 26.2 Å². The molecule has 2 aliphatic rings. The SMILES string of the molecule is COc1cc(N(C)C(=O)C2CC3CCCC(C2)C3N)cc(OC)c1OC. The Hall–Kier alpha value is -1.95. The minimum atomic E-state index is 0.0363. The van der Waals surface area contributed by atoms with Crippen LogP contribution in [0.5, 0.6) is 17.2 Å². The highest BCUT2D eigenvalue weighted by molar-refractivity contribution is 5.95. The van der Waals surface area contributed by atoms with Crippen molar-refractivity contribution in [2.75, 3.05) is 33.3 Å². The fraction of sp³-hybridized carbons (Fsp3) is 0.650. The maximum atomic E-state index is 13.2. The number of benzene rings is 1. The summed E-state index contributed by atoms with van der Waals surface area (Å²) in [6.07, 6.45) is 5.33. The van der Waals surface area contributed by atoms with Gasteiger partial charge in [-0.2, -0.15) is 0 Å². The first kappa shape index (κ1) is 18.8. The molecule has 0 aromatic heterocycles. The molecule has 0 aliphatic heterocycles. The third-order valence-corrected chi connectivity index (χ3v) is 6.13. The molecule has 2 atom stereocenters. The lowest BCUT2D eigenvalue weighted by atomic mass is 9.65. The van der Waals surface area contributed by atoms with E-state index in [9.17, 15) is 4.79 Å². The predicted molar refractivity (Wildman–Crippen MR) is 101 cm³/mol. The van der Waals surface area contributed by atoms with E-state index < -0.39 is 0 Å². The third kappa shape index (κ3) is 3.34. The topological polar surface area (TPSA) is 74.0 Å². The maximum Gasteiger partial charge on any atom is 0.229 e. The Morgan fingerprint density at radius 3 is 2.04 bits per heavy atom. The van der Waals surface area contributed by atoms with E-state index >= 15 is 0 Å². The van der Waals surface area contributed by atoms with Gasteiger partial charge in [0.2, 0.25) is 11.7 Å². The van der Waals surface area contributed by atoms with Gasteiger partial charge < -0.3 is 24.8 Å². The average Bonchev–Trinajstić information content (AvgIpc) is 2.65. The Bertz CT molecular complexity index is 624. The van der Waals surface area contributed by atoms with Crippen LogP contribution in [-0.2, 0) is 4.79 Å². The van der Waals surface area contributed by atoms with Crippen LogP contribution in [0.1, 0.15) is 32.1 Å². The molecule has 144 valence electrons. The van der Waals surface area contributed by atoms with Crippen molar-refractivity contribution in [1.82, 2.24) is 0 Å². The largest absolute Gasteiger partial charge is 0.493 e. The van der Waals surface area contributed by atoms with Gasteiger partial charge in [-0.15, -0.1) is 0 Å². The molecule has 2 unspecified atom stereocenters. The third-order valence-electron chi connectivity index (χ3n) is 6.13. The van der Waals surface area contributed by atoms with Crippen molar-refractivity contribution < 1.29 is 19.0 Å². The highest BCUT2D eigenvalue weighted by atomic mass is 16.5. The minimum Gasteiger partial charge on any atom is -0.493 e. The molecule has 2 N–H and O–H groups in total. The van der Waals surface area contributed by atoms with Gasteiger partial charge in [-0.3, -0.25) is 4.79 Å². The van der Waals surface area contributed by atoms with Gasteiger partial charge in [0.05, 0.1) is 27.0 Å². The number of rotatable bonds is 5. The average molecular weight is 362 g/mol. The lowest BCUT2D eigenvalue weighted by Gasteiger charge is -2.44. The van der Waals surface area contributed by atoms with E-state index in [0.717, 1.165) is 31.4 Å². The Morgan fingerprint density at radius 1 is 1.04 bits per heavy atom. The van der Waals surface area contributed by atoms with Crippen molar-refractivity contribution in [3.8, 4) is 17.2 Å². The van der Waals surface area contributed by atoms with E-state index in [0.29, 0.717) is 29.1 Å². The number of ether oxygens (including phenoxy) is 3. The Labute approximate surface area is 155 Å². The number of fused-ring (bicyclic) bond motifs is 2. The molecular formula is C20H30N2O4. The van der Waals surface area contributed by atoms with Crippen molar-refractivity contribution in [1.29, 1.82) is 0 Å². The van der Waals surface area contributed by atoms with Crippen molar-refractivity contribution in [2.45, 2.75) is 38.1 Å². The summed E-state index contributed by atoms with van der Waals surface area (Å²) < 4.78 is 16.2. The number of nitrogens with two attached hydrogens (primary N) is 1. The smallest absolute Gasteiger partial charge is 0.229 e. The molecule has 6 heteroatoms. The van der Waals surface area contributed by atoms with Crippen molar-refractivity contribution >= 4 is 11.6 Å². The van der Waals surface area contributed by atoms with E-state index in [-0.39, 0.29) is 17.9 Å². The number of carbonyl (C=O) groups excluding carboxylic acids is 1. The second kappa shape index (κ2) is 7.74. The second-order valence-corrected chi connectivity index (χ2v) is 7.48. The van der Waals surface area contributed by atoms with E-state index in [1.807, 2.05) is 19.2 Å². The normalized spacial score (nSPS) is 27.6. The van der Waals surface area contributed by atoms with Gasteiger partial charge in [-0.1, -0.05) is 6.42 Å². The Kier molecular flexibility index (Phi) is 5.61. The molecule has 1 aromatic carbocycles. The molecule has 2 fully saturated rings. The molecule has 6 nitrogen and oxygen atoms in total. The zero-order valence-electron chi connectivity index (χ0n) is 16.2. The van der Waals surface area contributed by atoms with E-state index in [2.05, 4.69) is 0 Å². The first-order valence-electron chi connectivity index (χ1n) is 9.33. The van der Waals surface area contributed by atoms with Gasteiger partial charge >= 0.3 is 0 Å². The Balaban J connectivity index is 1.82. The van der Waals surface area contributed by atoms with Crippen LogP contribution in [0.25, 0.3) is 0 Å². The van der Waals surface area contributed by atoms with Crippen molar-refractivity contribution in [3.05, 3.63) is 12.1 Å². The van der Waals surface area contributed by atoms with Crippen molar-refractivity contribution in [2.24, 2.45) is 23.5 Å². The number of hydrogen-bond donors (Lipinski definition) is 1. The molecule has 0 saturated heterocycles. The Morgan fingerprint density at radius 2 is 1.58 bits per heavy atom. The van der Waals surface area contributed by atoms with Gasteiger partial charge in [0.25, 0.3) is 0 Å². The first-order valence-corrected chi connectivity index (χ1v) is 9.33. The fourth-order valence-corrected chi connectivity index (χ4v) is 4.65. The highest BCUT2D eigenvalue weighted by Gasteiger charge is 2.41. The van der Waals surface area contributed by atoms with E-state index in [4.69, 9.17) is 19.9 Å².